The van der Waals surface area contributed by atoms with Crippen LogP contribution < -0.4 is 5.32 Å². The van der Waals surface area contributed by atoms with Crippen LogP contribution in [0.15, 0.2) is 48.7 Å². The van der Waals surface area contributed by atoms with Crippen LogP contribution in [0.2, 0.25) is 0 Å². The summed E-state index contributed by atoms with van der Waals surface area (Å²) >= 11 is 1.98. The Balaban J connectivity index is 1.72. The molecule has 100 valence electrons. The number of benzene rings is 2. The summed E-state index contributed by atoms with van der Waals surface area (Å²) in [5.74, 6) is 2.21. The van der Waals surface area contributed by atoms with Gasteiger partial charge >= 0.3 is 0 Å². The van der Waals surface area contributed by atoms with Crippen molar-refractivity contribution >= 4 is 28.4 Å². The second-order valence-electron chi connectivity index (χ2n) is 5.05. The average molecular weight is 281 g/mol. The largest absolute Gasteiger partial charge is 0.376 e. The minimum Gasteiger partial charge on any atom is -0.376 e. The molecule has 2 aromatic carbocycles. The molecule has 1 aliphatic heterocycles. The number of anilines is 1. The number of nitrogens with zero attached hydrogens (tertiary/aromatic N) is 1. The lowest BCUT2D eigenvalue weighted by molar-refractivity contribution is 0.872. The minimum atomic E-state index is 0.360. The lowest BCUT2D eigenvalue weighted by Crippen LogP contribution is -2.18. The summed E-state index contributed by atoms with van der Waals surface area (Å²) < 4.78 is 0. The first-order valence-electron chi connectivity index (χ1n) is 6.76. The fraction of sp³-hybridized carbons (Fsp3) is 0.188. The molecule has 0 radical (unpaired) electrons. The summed E-state index contributed by atoms with van der Waals surface area (Å²) in [6.07, 6.45) is 1.87. The van der Waals surface area contributed by atoms with Gasteiger partial charge in [0.25, 0.3) is 0 Å². The van der Waals surface area contributed by atoms with Crippen molar-refractivity contribution in [3.8, 4) is 0 Å². The van der Waals surface area contributed by atoms with E-state index >= 15 is 0 Å². The van der Waals surface area contributed by atoms with Gasteiger partial charge in [0.15, 0.2) is 0 Å². The van der Waals surface area contributed by atoms with E-state index in [1.807, 2.05) is 18.0 Å². The number of para-hydroxylation sites is 1. The Morgan fingerprint density at radius 2 is 2.10 bits per heavy atom. The van der Waals surface area contributed by atoms with Gasteiger partial charge in [-0.25, -0.2) is 0 Å². The molecule has 0 bridgehead atoms. The van der Waals surface area contributed by atoms with Gasteiger partial charge in [0.05, 0.1) is 23.4 Å². The highest BCUT2D eigenvalue weighted by atomic mass is 32.2. The molecule has 20 heavy (non-hydrogen) atoms. The number of nitrogens with one attached hydrogen (secondary N) is 2. The Morgan fingerprint density at radius 1 is 1.15 bits per heavy atom. The number of fused-ring (bicyclic) bond motifs is 2. The van der Waals surface area contributed by atoms with E-state index in [4.69, 9.17) is 0 Å². The second-order valence-corrected chi connectivity index (χ2v) is 6.08. The Labute approximate surface area is 121 Å². The molecule has 4 heteroatoms. The van der Waals surface area contributed by atoms with E-state index in [1.54, 1.807) is 0 Å². The lowest BCUT2D eigenvalue weighted by Gasteiger charge is -2.27. The number of rotatable bonds is 2. The smallest absolute Gasteiger partial charge is 0.0881 e. The zero-order valence-corrected chi connectivity index (χ0v) is 11.8. The molecule has 3 nitrogen and oxygen atoms in total. The topological polar surface area (TPSA) is 40.7 Å². The van der Waals surface area contributed by atoms with E-state index in [0.717, 1.165) is 28.1 Å². The SMILES string of the molecule is c1ccc2c(c1)CSCC2Nc1cccc2cn[nH]c12. The molecule has 0 amide bonds. The molecule has 1 atom stereocenters. The first-order valence-corrected chi connectivity index (χ1v) is 7.91. The van der Waals surface area contributed by atoms with Crippen LogP contribution in [0, 0.1) is 0 Å². The van der Waals surface area contributed by atoms with Crippen LogP contribution in [-0.2, 0) is 5.75 Å². The maximum absolute atomic E-state index is 4.13. The van der Waals surface area contributed by atoms with E-state index in [1.165, 1.54) is 11.1 Å². The summed E-state index contributed by atoms with van der Waals surface area (Å²) in [5.41, 5.74) is 5.07. The van der Waals surface area contributed by atoms with Gasteiger partial charge in [0.1, 0.15) is 0 Å². The molecule has 0 spiro atoms. The summed E-state index contributed by atoms with van der Waals surface area (Å²) in [4.78, 5) is 0. The molecule has 1 unspecified atom stereocenters. The third kappa shape index (κ3) is 1.96. The molecule has 2 heterocycles. The number of hydrogen-bond donors (Lipinski definition) is 2. The molecular weight excluding hydrogens is 266 g/mol. The monoisotopic (exact) mass is 281 g/mol. The standard InChI is InChI=1S/C16H15N3S/c1-2-6-13-12(4-1)9-20-10-15(13)18-14-7-3-5-11-8-17-19-16(11)14/h1-8,15,18H,9-10H2,(H,17,19). The molecule has 2 N–H and O–H groups in total. The van der Waals surface area contributed by atoms with Gasteiger partial charge in [0, 0.05) is 16.9 Å². The van der Waals surface area contributed by atoms with Crippen LogP contribution >= 0.6 is 11.8 Å². The molecule has 0 saturated heterocycles. The Kier molecular flexibility index (Phi) is 2.89. The van der Waals surface area contributed by atoms with E-state index in [0.29, 0.717) is 6.04 Å². The van der Waals surface area contributed by atoms with E-state index in [2.05, 4.69) is 58.0 Å². The van der Waals surface area contributed by atoms with Gasteiger partial charge in [-0.05, 0) is 17.2 Å². The predicted octanol–water partition coefficient (Wildman–Crippen LogP) is 3.96. The summed E-state index contributed by atoms with van der Waals surface area (Å²) in [7, 11) is 0. The quantitative estimate of drug-likeness (QED) is 0.747. The highest BCUT2D eigenvalue weighted by Gasteiger charge is 2.20. The lowest BCUT2D eigenvalue weighted by atomic mass is 10.0. The van der Waals surface area contributed by atoms with Gasteiger partial charge in [-0.15, -0.1) is 0 Å². The molecule has 0 saturated carbocycles. The Hall–Kier alpha value is -1.94. The highest BCUT2D eigenvalue weighted by Crippen LogP contribution is 2.34. The van der Waals surface area contributed by atoms with Crippen molar-refractivity contribution < 1.29 is 0 Å². The van der Waals surface area contributed by atoms with Crippen LogP contribution in [0.4, 0.5) is 5.69 Å². The van der Waals surface area contributed by atoms with Gasteiger partial charge in [-0.2, -0.15) is 16.9 Å². The van der Waals surface area contributed by atoms with Gasteiger partial charge in [0.2, 0.25) is 0 Å². The minimum absolute atomic E-state index is 0.360. The second kappa shape index (κ2) is 4.87. The summed E-state index contributed by atoms with van der Waals surface area (Å²) in [5, 5.41) is 12.0. The zero-order valence-electron chi connectivity index (χ0n) is 11.0. The van der Waals surface area contributed by atoms with Crippen molar-refractivity contribution in [3.05, 3.63) is 59.8 Å². The number of H-pyrrole nitrogens is 1. The van der Waals surface area contributed by atoms with Crippen LogP contribution in [-0.4, -0.2) is 16.0 Å². The fourth-order valence-corrected chi connectivity index (χ4v) is 3.88. The normalized spacial score (nSPS) is 17.9. The summed E-state index contributed by atoms with van der Waals surface area (Å²) in [6, 6.07) is 15.3. The van der Waals surface area contributed by atoms with Crippen LogP contribution in [0.25, 0.3) is 10.9 Å². The van der Waals surface area contributed by atoms with Crippen molar-refractivity contribution in [1.82, 2.24) is 10.2 Å². The van der Waals surface area contributed by atoms with E-state index < -0.39 is 0 Å². The Bertz CT molecular complexity index is 750. The van der Waals surface area contributed by atoms with Gasteiger partial charge in [-0.1, -0.05) is 36.4 Å². The molecule has 1 aliphatic rings. The van der Waals surface area contributed by atoms with Crippen molar-refractivity contribution in [1.29, 1.82) is 0 Å². The first kappa shape index (κ1) is 11.9. The van der Waals surface area contributed by atoms with Gasteiger partial charge in [-0.3, -0.25) is 5.10 Å². The van der Waals surface area contributed by atoms with Crippen molar-refractivity contribution in [2.45, 2.75) is 11.8 Å². The van der Waals surface area contributed by atoms with Crippen molar-refractivity contribution in [2.24, 2.45) is 0 Å². The maximum Gasteiger partial charge on any atom is 0.0881 e. The van der Waals surface area contributed by atoms with E-state index in [9.17, 15) is 0 Å². The number of aromatic nitrogens is 2. The van der Waals surface area contributed by atoms with Crippen molar-refractivity contribution in [3.63, 3.8) is 0 Å². The molecule has 1 aromatic heterocycles. The van der Waals surface area contributed by atoms with Crippen LogP contribution in [0.1, 0.15) is 17.2 Å². The Morgan fingerprint density at radius 3 is 3.10 bits per heavy atom. The molecule has 4 rings (SSSR count). The number of hydrogen-bond acceptors (Lipinski definition) is 3. The number of thioether (sulfide) groups is 1. The average Bonchev–Trinajstić information content (AvgIpc) is 2.97. The highest BCUT2D eigenvalue weighted by molar-refractivity contribution is 7.98. The third-order valence-corrected chi connectivity index (χ3v) is 4.86. The number of aromatic amines is 1. The van der Waals surface area contributed by atoms with Gasteiger partial charge < -0.3 is 5.32 Å². The zero-order chi connectivity index (χ0) is 13.4. The molecule has 0 fully saturated rings. The van der Waals surface area contributed by atoms with Crippen molar-refractivity contribution in [2.75, 3.05) is 11.1 Å². The van der Waals surface area contributed by atoms with E-state index in [-0.39, 0.29) is 0 Å². The molecule has 0 aliphatic carbocycles. The summed E-state index contributed by atoms with van der Waals surface area (Å²) in [6.45, 7) is 0. The fourth-order valence-electron chi connectivity index (χ4n) is 2.78. The molecular formula is C16H15N3S. The third-order valence-electron chi connectivity index (χ3n) is 3.78. The predicted molar refractivity (Wildman–Crippen MR) is 85.1 cm³/mol. The molecule has 3 aromatic rings. The van der Waals surface area contributed by atoms with Crippen LogP contribution in [0.5, 0.6) is 0 Å². The van der Waals surface area contributed by atoms with Crippen LogP contribution in [0.3, 0.4) is 0 Å². The maximum atomic E-state index is 4.13. The first-order chi connectivity index (χ1) is 9.92.